The zero-order valence-electron chi connectivity index (χ0n) is 10.1. The van der Waals surface area contributed by atoms with E-state index >= 15 is 0 Å². The summed E-state index contributed by atoms with van der Waals surface area (Å²) in [5, 5.41) is 9.95. The highest BCUT2D eigenvalue weighted by Gasteiger charge is 2.19. The molecule has 0 aliphatic heterocycles. The van der Waals surface area contributed by atoms with Crippen LogP contribution >= 0.6 is 0 Å². The Morgan fingerprint density at radius 3 is 2.82 bits per heavy atom. The summed E-state index contributed by atoms with van der Waals surface area (Å²) in [4.78, 5) is 0. The van der Waals surface area contributed by atoms with Gasteiger partial charge in [0.2, 0.25) is 10.0 Å². The van der Waals surface area contributed by atoms with Gasteiger partial charge in [-0.15, -0.1) is 5.10 Å². The Bertz CT molecular complexity index is 403. The Balaban J connectivity index is 2.33. The lowest BCUT2D eigenvalue weighted by molar-refractivity contribution is 0.540. The van der Waals surface area contributed by atoms with Gasteiger partial charge in [0.05, 0.1) is 18.0 Å². The predicted octanol–water partition coefficient (Wildman–Crippen LogP) is -0.804. The van der Waals surface area contributed by atoms with Gasteiger partial charge in [0, 0.05) is 19.3 Å². The summed E-state index contributed by atoms with van der Waals surface area (Å²) < 4.78 is 27.7. The van der Waals surface area contributed by atoms with Crippen molar-refractivity contribution in [1.29, 1.82) is 0 Å². The zero-order chi connectivity index (χ0) is 12.7. The molecule has 17 heavy (non-hydrogen) atoms. The lowest BCUT2D eigenvalue weighted by Crippen LogP contribution is -2.40. The molecule has 0 amide bonds. The van der Waals surface area contributed by atoms with E-state index in [1.807, 2.05) is 6.92 Å². The van der Waals surface area contributed by atoms with Gasteiger partial charge in [-0.3, -0.25) is 4.68 Å². The average molecular weight is 261 g/mol. The van der Waals surface area contributed by atoms with Crippen molar-refractivity contribution in [2.75, 3.05) is 19.6 Å². The van der Waals surface area contributed by atoms with E-state index in [2.05, 4.69) is 20.4 Å². The SMILES string of the molecule is CCNCC(C)S(=O)(=O)NCCn1ccnn1. The summed E-state index contributed by atoms with van der Waals surface area (Å²) in [6.07, 6.45) is 3.25. The second-order valence-electron chi connectivity index (χ2n) is 3.72. The van der Waals surface area contributed by atoms with Crippen molar-refractivity contribution in [2.45, 2.75) is 25.6 Å². The monoisotopic (exact) mass is 261 g/mol. The molecule has 1 aromatic heterocycles. The van der Waals surface area contributed by atoms with Crippen LogP contribution in [0.4, 0.5) is 0 Å². The number of sulfonamides is 1. The molecule has 0 saturated carbocycles. The fourth-order valence-corrected chi connectivity index (χ4v) is 2.25. The molecule has 8 heteroatoms. The van der Waals surface area contributed by atoms with Gasteiger partial charge in [0.15, 0.2) is 0 Å². The standard InChI is InChI=1S/C9H19N5O2S/c1-3-10-8-9(2)17(15,16)12-5-7-14-6-4-11-13-14/h4,6,9-10,12H,3,5,7-8H2,1-2H3. The minimum atomic E-state index is -3.26. The van der Waals surface area contributed by atoms with Crippen LogP contribution in [0.3, 0.4) is 0 Å². The fourth-order valence-electron chi connectivity index (χ4n) is 1.25. The largest absolute Gasteiger partial charge is 0.316 e. The van der Waals surface area contributed by atoms with Gasteiger partial charge in [0.25, 0.3) is 0 Å². The van der Waals surface area contributed by atoms with E-state index in [0.717, 1.165) is 6.54 Å². The number of hydrogen-bond acceptors (Lipinski definition) is 5. The molecule has 0 fully saturated rings. The Kier molecular flexibility index (Phi) is 5.52. The Hall–Kier alpha value is -0.990. The van der Waals surface area contributed by atoms with Crippen molar-refractivity contribution >= 4 is 10.0 Å². The molecule has 1 unspecified atom stereocenters. The zero-order valence-corrected chi connectivity index (χ0v) is 10.9. The summed E-state index contributed by atoms with van der Waals surface area (Å²) in [6.45, 7) is 5.64. The van der Waals surface area contributed by atoms with Crippen LogP contribution in [0.2, 0.25) is 0 Å². The smallest absolute Gasteiger partial charge is 0.215 e. The molecule has 7 nitrogen and oxygen atoms in total. The maximum atomic E-state index is 11.8. The first kappa shape index (κ1) is 14.1. The van der Waals surface area contributed by atoms with Gasteiger partial charge < -0.3 is 5.32 Å². The highest BCUT2D eigenvalue weighted by Crippen LogP contribution is 1.96. The summed E-state index contributed by atoms with van der Waals surface area (Å²) in [6, 6.07) is 0. The van der Waals surface area contributed by atoms with Crippen LogP contribution in [0, 0.1) is 0 Å². The van der Waals surface area contributed by atoms with Crippen LogP contribution in [-0.4, -0.2) is 48.3 Å². The highest BCUT2D eigenvalue weighted by molar-refractivity contribution is 7.90. The van der Waals surface area contributed by atoms with Gasteiger partial charge >= 0.3 is 0 Å². The van der Waals surface area contributed by atoms with Crippen LogP contribution in [0.5, 0.6) is 0 Å². The third-order valence-electron chi connectivity index (χ3n) is 2.33. The van der Waals surface area contributed by atoms with Crippen LogP contribution in [0.15, 0.2) is 12.4 Å². The molecule has 0 spiro atoms. The highest BCUT2D eigenvalue weighted by atomic mass is 32.2. The van der Waals surface area contributed by atoms with Gasteiger partial charge in [-0.2, -0.15) is 0 Å². The first-order valence-electron chi connectivity index (χ1n) is 5.59. The normalized spacial score (nSPS) is 13.8. The van der Waals surface area contributed by atoms with Gasteiger partial charge in [-0.25, -0.2) is 13.1 Å². The molecular formula is C9H19N5O2S. The van der Waals surface area contributed by atoms with E-state index in [-0.39, 0.29) is 0 Å². The first-order chi connectivity index (χ1) is 8.06. The van der Waals surface area contributed by atoms with Gasteiger partial charge in [-0.1, -0.05) is 12.1 Å². The van der Waals surface area contributed by atoms with Gasteiger partial charge in [-0.05, 0) is 13.5 Å². The molecule has 0 saturated heterocycles. The van der Waals surface area contributed by atoms with Crippen molar-refractivity contribution in [2.24, 2.45) is 0 Å². The number of nitrogens with zero attached hydrogens (tertiary/aromatic N) is 3. The second kappa shape index (κ2) is 6.67. The molecule has 0 bridgehead atoms. The van der Waals surface area contributed by atoms with Crippen molar-refractivity contribution in [3.63, 3.8) is 0 Å². The van der Waals surface area contributed by atoms with E-state index in [0.29, 0.717) is 19.6 Å². The maximum Gasteiger partial charge on any atom is 0.215 e. The third kappa shape index (κ3) is 4.80. The lowest BCUT2D eigenvalue weighted by atomic mass is 10.5. The lowest BCUT2D eigenvalue weighted by Gasteiger charge is -2.13. The Morgan fingerprint density at radius 2 is 2.24 bits per heavy atom. The number of rotatable bonds is 8. The minimum Gasteiger partial charge on any atom is -0.316 e. The third-order valence-corrected chi connectivity index (χ3v) is 4.16. The quantitative estimate of drug-likeness (QED) is 0.639. The number of hydrogen-bond donors (Lipinski definition) is 2. The van der Waals surface area contributed by atoms with E-state index in [9.17, 15) is 8.42 Å². The van der Waals surface area contributed by atoms with E-state index in [1.165, 1.54) is 0 Å². The molecule has 1 atom stereocenters. The first-order valence-corrected chi connectivity index (χ1v) is 7.14. The van der Waals surface area contributed by atoms with Crippen molar-refractivity contribution < 1.29 is 8.42 Å². The van der Waals surface area contributed by atoms with E-state index in [1.54, 1.807) is 24.0 Å². The molecule has 1 aromatic rings. The molecule has 0 aliphatic rings. The predicted molar refractivity (Wildman–Crippen MR) is 65.0 cm³/mol. The molecule has 0 aliphatic carbocycles. The maximum absolute atomic E-state index is 11.8. The molecule has 0 radical (unpaired) electrons. The van der Waals surface area contributed by atoms with Crippen molar-refractivity contribution in [3.05, 3.63) is 12.4 Å². The van der Waals surface area contributed by atoms with Crippen LogP contribution in [0.25, 0.3) is 0 Å². The Labute approximate surface area is 102 Å². The number of nitrogens with one attached hydrogen (secondary N) is 2. The van der Waals surface area contributed by atoms with Crippen LogP contribution in [-0.2, 0) is 16.6 Å². The van der Waals surface area contributed by atoms with E-state index < -0.39 is 15.3 Å². The summed E-state index contributed by atoms with van der Waals surface area (Å²) >= 11 is 0. The van der Waals surface area contributed by atoms with Crippen molar-refractivity contribution in [3.8, 4) is 0 Å². The molecule has 2 N–H and O–H groups in total. The summed E-state index contributed by atoms with van der Waals surface area (Å²) in [5.74, 6) is 0. The Morgan fingerprint density at radius 1 is 1.47 bits per heavy atom. The molecular weight excluding hydrogens is 242 g/mol. The molecule has 1 heterocycles. The molecule has 0 aromatic carbocycles. The topological polar surface area (TPSA) is 88.9 Å². The van der Waals surface area contributed by atoms with Crippen molar-refractivity contribution in [1.82, 2.24) is 25.0 Å². The fraction of sp³-hybridized carbons (Fsp3) is 0.778. The van der Waals surface area contributed by atoms with E-state index in [4.69, 9.17) is 0 Å². The van der Waals surface area contributed by atoms with Gasteiger partial charge in [0.1, 0.15) is 0 Å². The average Bonchev–Trinajstić information content (AvgIpc) is 2.78. The number of aromatic nitrogens is 3. The summed E-state index contributed by atoms with van der Waals surface area (Å²) in [7, 11) is -3.26. The van der Waals surface area contributed by atoms with Crippen LogP contribution in [0.1, 0.15) is 13.8 Å². The summed E-state index contributed by atoms with van der Waals surface area (Å²) in [5.41, 5.74) is 0. The minimum absolute atomic E-state index is 0.322. The molecule has 98 valence electrons. The molecule has 1 rings (SSSR count). The van der Waals surface area contributed by atoms with Crippen LogP contribution < -0.4 is 10.0 Å². The second-order valence-corrected chi connectivity index (χ2v) is 5.91.